The molecule has 8 heteroatoms. The van der Waals surface area contributed by atoms with Crippen LogP contribution in [0.3, 0.4) is 0 Å². The van der Waals surface area contributed by atoms with Crippen molar-refractivity contribution in [2.75, 3.05) is 13.9 Å². The summed E-state index contributed by atoms with van der Waals surface area (Å²) in [7, 11) is 1.62. The number of rotatable bonds is 5. The van der Waals surface area contributed by atoms with Gasteiger partial charge in [0.1, 0.15) is 11.9 Å². The Morgan fingerprint density at radius 1 is 1.17 bits per heavy atom. The molecule has 1 amide bonds. The van der Waals surface area contributed by atoms with Gasteiger partial charge in [-0.1, -0.05) is 18.2 Å². The number of benzene rings is 2. The van der Waals surface area contributed by atoms with E-state index in [-0.39, 0.29) is 18.8 Å². The van der Waals surface area contributed by atoms with E-state index < -0.39 is 0 Å². The van der Waals surface area contributed by atoms with Crippen LogP contribution in [0.4, 0.5) is 0 Å². The highest BCUT2D eigenvalue weighted by Gasteiger charge is 2.25. The third-order valence-electron chi connectivity index (χ3n) is 5.25. The van der Waals surface area contributed by atoms with Gasteiger partial charge in [0.25, 0.3) is 5.91 Å². The highest BCUT2D eigenvalue weighted by Crippen LogP contribution is 2.36. The lowest BCUT2D eigenvalue weighted by Crippen LogP contribution is -2.24. The summed E-state index contributed by atoms with van der Waals surface area (Å²) in [5.41, 5.74) is 3.24. The number of carbonyl (C=O) groups is 1. The van der Waals surface area contributed by atoms with Crippen molar-refractivity contribution in [2.45, 2.75) is 25.8 Å². The lowest BCUT2D eigenvalue weighted by molar-refractivity contribution is -0.00128. The predicted octanol–water partition coefficient (Wildman–Crippen LogP) is 2.82. The number of aromatic nitrogens is 2. The molecule has 0 saturated carbocycles. The molecule has 2 aliphatic heterocycles. The SMILES string of the molecule is COc1ccc(CNC(=O)c2cc3n(n2)C[C@H](c2ccc4c(c2)OCO4)OC3)cc1. The minimum absolute atomic E-state index is 0.165. The first-order valence-corrected chi connectivity index (χ1v) is 9.68. The average Bonchev–Trinajstić information content (AvgIpc) is 3.43. The number of hydrogen-bond donors (Lipinski definition) is 1. The maximum atomic E-state index is 12.6. The molecule has 30 heavy (non-hydrogen) atoms. The van der Waals surface area contributed by atoms with E-state index in [0.717, 1.165) is 34.1 Å². The van der Waals surface area contributed by atoms with Crippen LogP contribution in [0, 0.1) is 0 Å². The molecule has 3 heterocycles. The molecule has 3 aromatic rings. The van der Waals surface area contributed by atoms with Gasteiger partial charge in [0, 0.05) is 6.54 Å². The predicted molar refractivity (Wildman–Crippen MR) is 106 cm³/mol. The Bertz CT molecular complexity index is 1080. The van der Waals surface area contributed by atoms with Crippen LogP contribution in [0.2, 0.25) is 0 Å². The van der Waals surface area contributed by atoms with E-state index in [4.69, 9.17) is 18.9 Å². The van der Waals surface area contributed by atoms with Gasteiger partial charge in [-0.25, -0.2) is 0 Å². The number of fused-ring (bicyclic) bond motifs is 2. The lowest BCUT2D eigenvalue weighted by atomic mass is 10.1. The summed E-state index contributed by atoms with van der Waals surface area (Å²) in [6.45, 7) is 1.57. The Morgan fingerprint density at radius 3 is 2.83 bits per heavy atom. The van der Waals surface area contributed by atoms with Crippen LogP contribution < -0.4 is 19.5 Å². The van der Waals surface area contributed by atoms with E-state index in [2.05, 4.69) is 10.4 Å². The normalized spacial score (nSPS) is 16.8. The zero-order valence-corrected chi connectivity index (χ0v) is 16.5. The minimum Gasteiger partial charge on any atom is -0.497 e. The summed E-state index contributed by atoms with van der Waals surface area (Å²) >= 11 is 0. The van der Waals surface area contributed by atoms with Crippen molar-refractivity contribution in [3.63, 3.8) is 0 Å². The van der Waals surface area contributed by atoms with Crippen LogP contribution in [-0.2, 0) is 24.4 Å². The highest BCUT2D eigenvalue weighted by atomic mass is 16.7. The zero-order chi connectivity index (χ0) is 20.5. The summed E-state index contributed by atoms with van der Waals surface area (Å²) in [5.74, 6) is 2.03. The zero-order valence-electron chi connectivity index (χ0n) is 16.5. The second-order valence-electron chi connectivity index (χ2n) is 7.15. The van der Waals surface area contributed by atoms with Gasteiger partial charge in [0.15, 0.2) is 17.2 Å². The molecule has 1 atom stereocenters. The molecule has 0 fully saturated rings. The second-order valence-corrected chi connectivity index (χ2v) is 7.15. The molecule has 1 N–H and O–H groups in total. The Labute approximate surface area is 173 Å². The van der Waals surface area contributed by atoms with Gasteiger partial charge in [0.05, 0.1) is 26.0 Å². The van der Waals surface area contributed by atoms with Gasteiger partial charge in [-0.2, -0.15) is 5.10 Å². The summed E-state index contributed by atoms with van der Waals surface area (Å²) in [6.07, 6.45) is -0.165. The van der Waals surface area contributed by atoms with Crippen molar-refractivity contribution in [3.05, 3.63) is 71.0 Å². The molecule has 5 rings (SSSR count). The molecular weight excluding hydrogens is 386 g/mol. The topological polar surface area (TPSA) is 83.8 Å². The van der Waals surface area contributed by atoms with Gasteiger partial charge >= 0.3 is 0 Å². The third-order valence-corrected chi connectivity index (χ3v) is 5.25. The standard InChI is InChI=1S/C22H21N3O5/c1-27-17-5-2-14(3-6-17)10-23-22(26)18-9-16-12-28-21(11-25(16)24-18)15-4-7-19-20(8-15)30-13-29-19/h2-9,21H,10-13H2,1H3,(H,23,26)/t21-/m1/s1. The van der Waals surface area contributed by atoms with Crippen LogP contribution in [0.15, 0.2) is 48.5 Å². The lowest BCUT2D eigenvalue weighted by Gasteiger charge is -2.24. The van der Waals surface area contributed by atoms with Crippen LogP contribution >= 0.6 is 0 Å². The number of nitrogens with one attached hydrogen (secondary N) is 1. The summed E-state index contributed by atoms with van der Waals surface area (Å²) in [4.78, 5) is 12.6. The number of methoxy groups -OCH3 is 1. The minimum atomic E-state index is -0.215. The number of nitrogens with zero attached hydrogens (tertiary/aromatic N) is 2. The molecule has 2 aliphatic rings. The summed E-state index contributed by atoms with van der Waals surface area (Å²) in [5, 5.41) is 7.39. The molecule has 8 nitrogen and oxygen atoms in total. The highest BCUT2D eigenvalue weighted by molar-refractivity contribution is 5.92. The van der Waals surface area contributed by atoms with Crippen molar-refractivity contribution in [1.29, 1.82) is 0 Å². The van der Waals surface area contributed by atoms with Crippen molar-refractivity contribution >= 4 is 5.91 Å². The number of hydrogen-bond acceptors (Lipinski definition) is 6. The van der Waals surface area contributed by atoms with E-state index in [9.17, 15) is 4.79 Å². The summed E-state index contributed by atoms with van der Waals surface area (Å²) < 4.78 is 23.8. The molecule has 0 aliphatic carbocycles. The van der Waals surface area contributed by atoms with Gasteiger partial charge in [-0.15, -0.1) is 0 Å². The van der Waals surface area contributed by atoms with E-state index in [0.29, 0.717) is 25.4 Å². The van der Waals surface area contributed by atoms with Gasteiger partial charge in [-0.3, -0.25) is 9.48 Å². The van der Waals surface area contributed by atoms with Crippen molar-refractivity contribution in [3.8, 4) is 17.2 Å². The van der Waals surface area contributed by atoms with Crippen LogP contribution in [-0.4, -0.2) is 29.6 Å². The van der Waals surface area contributed by atoms with Crippen LogP contribution in [0.1, 0.15) is 33.4 Å². The molecule has 0 saturated heterocycles. The maximum Gasteiger partial charge on any atom is 0.272 e. The van der Waals surface area contributed by atoms with Gasteiger partial charge < -0.3 is 24.3 Å². The quantitative estimate of drug-likeness (QED) is 0.700. The van der Waals surface area contributed by atoms with Crippen molar-refractivity contribution < 1.29 is 23.7 Å². The Kier molecular flexibility index (Phi) is 4.76. The number of carbonyl (C=O) groups excluding carboxylic acids is 1. The Balaban J connectivity index is 1.24. The van der Waals surface area contributed by atoms with E-state index in [1.54, 1.807) is 13.2 Å². The number of amides is 1. The van der Waals surface area contributed by atoms with Gasteiger partial charge in [0.2, 0.25) is 6.79 Å². The molecule has 0 spiro atoms. The van der Waals surface area contributed by atoms with E-state index in [1.165, 1.54) is 0 Å². The van der Waals surface area contributed by atoms with Crippen LogP contribution in [0.25, 0.3) is 0 Å². The second kappa shape index (κ2) is 7.72. The molecule has 2 aromatic carbocycles. The average molecular weight is 407 g/mol. The third kappa shape index (κ3) is 3.57. The first-order chi connectivity index (χ1) is 14.7. The Morgan fingerprint density at radius 2 is 2.00 bits per heavy atom. The molecule has 0 bridgehead atoms. The first-order valence-electron chi connectivity index (χ1n) is 9.68. The maximum absolute atomic E-state index is 12.6. The number of ether oxygens (including phenoxy) is 4. The summed E-state index contributed by atoms with van der Waals surface area (Å²) in [6, 6.07) is 15.1. The molecule has 1 aromatic heterocycles. The first kappa shape index (κ1) is 18.5. The molecule has 154 valence electrons. The molecule has 0 radical (unpaired) electrons. The van der Waals surface area contributed by atoms with E-state index >= 15 is 0 Å². The fourth-order valence-electron chi connectivity index (χ4n) is 3.57. The molecular formula is C22H21N3O5. The Hall–Kier alpha value is -3.52. The van der Waals surface area contributed by atoms with Crippen molar-refractivity contribution in [1.82, 2.24) is 15.1 Å². The molecule has 0 unspecified atom stereocenters. The van der Waals surface area contributed by atoms with Gasteiger partial charge in [-0.05, 0) is 41.5 Å². The fraction of sp³-hybridized carbons (Fsp3) is 0.273. The van der Waals surface area contributed by atoms with Crippen LogP contribution in [0.5, 0.6) is 17.2 Å². The largest absolute Gasteiger partial charge is 0.497 e. The van der Waals surface area contributed by atoms with Crippen molar-refractivity contribution in [2.24, 2.45) is 0 Å². The smallest absolute Gasteiger partial charge is 0.272 e. The monoisotopic (exact) mass is 407 g/mol. The van der Waals surface area contributed by atoms with E-state index in [1.807, 2.05) is 47.1 Å². The fourth-order valence-corrected chi connectivity index (χ4v) is 3.57.